The average Bonchev–Trinajstić information content (AvgIpc) is 2.91. The maximum absolute atomic E-state index is 4.78. The molecule has 0 unspecified atom stereocenters. The van der Waals surface area contributed by atoms with Gasteiger partial charge in [-0.15, -0.1) is 24.8 Å². The van der Waals surface area contributed by atoms with Crippen LogP contribution in [-0.2, 0) is 13.0 Å². The lowest BCUT2D eigenvalue weighted by atomic mass is 10.0. The third-order valence-corrected chi connectivity index (χ3v) is 3.93. The van der Waals surface area contributed by atoms with Crippen LogP contribution in [0.2, 0.25) is 0 Å². The minimum absolute atomic E-state index is 0. The molecule has 2 aromatic heterocycles. The quantitative estimate of drug-likeness (QED) is 0.715. The van der Waals surface area contributed by atoms with Gasteiger partial charge in [0.25, 0.3) is 0 Å². The molecule has 0 aliphatic carbocycles. The Kier molecular flexibility index (Phi) is 5.06. The number of nitrogens with one attached hydrogen (secondary N) is 2. The van der Waals surface area contributed by atoms with Crippen LogP contribution in [0.4, 0.5) is 0 Å². The van der Waals surface area contributed by atoms with Gasteiger partial charge in [0.15, 0.2) is 0 Å². The smallest absolute Gasteiger partial charge is 0.138 e. The van der Waals surface area contributed by atoms with Gasteiger partial charge in [-0.1, -0.05) is 18.2 Å². The van der Waals surface area contributed by atoms with Crippen LogP contribution in [0.25, 0.3) is 22.3 Å². The summed E-state index contributed by atoms with van der Waals surface area (Å²) in [6, 6.07) is 8.35. The number of nitrogens with zero attached hydrogens (tertiary/aromatic N) is 2. The lowest BCUT2D eigenvalue weighted by Crippen LogP contribution is -2.23. The summed E-state index contributed by atoms with van der Waals surface area (Å²) >= 11 is 0. The topological polar surface area (TPSA) is 53.6 Å². The molecule has 0 spiro atoms. The molecule has 4 rings (SSSR count). The van der Waals surface area contributed by atoms with Crippen molar-refractivity contribution in [2.24, 2.45) is 0 Å². The molecule has 22 heavy (non-hydrogen) atoms. The molecule has 1 aromatic carbocycles. The lowest BCUT2D eigenvalue weighted by molar-refractivity contribution is 0.627. The van der Waals surface area contributed by atoms with Crippen LogP contribution < -0.4 is 5.32 Å². The van der Waals surface area contributed by atoms with Gasteiger partial charge in [-0.3, -0.25) is 4.98 Å². The van der Waals surface area contributed by atoms with Gasteiger partial charge in [0, 0.05) is 36.7 Å². The normalized spacial score (nSPS) is 13.1. The van der Waals surface area contributed by atoms with Gasteiger partial charge in [-0.05, 0) is 18.6 Å². The molecular formula is C16H18Cl2N4. The SMILES string of the molecule is Cc1ccc(-c2nc3c([nH]2)CNCC3)c2cccnc12.Cl.Cl. The predicted octanol–water partition coefficient (Wildman–Crippen LogP) is 3.42. The highest BCUT2D eigenvalue weighted by atomic mass is 35.5. The van der Waals surface area contributed by atoms with Crippen molar-refractivity contribution in [1.82, 2.24) is 20.3 Å². The second kappa shape index (κ2) is 6.65. The van der Waals surface area contributed by atoms with Gasteiger partial charge < -0.3 is 10.3 Å². The Morgan fingerprint density at radius 3 is 2.82 bits per heavy atom. The number of benzene rings is 1. The van der Waals surface area contributed by atoms with Crippen LogP contribution in [-0.4, -0.2) is 21.5 Å². The second-order valence-electron chi connectivity index (χ2n) is 5.27. The van der Waals surface area contributed by atoms with E-state index in [1.807, 2.05) is 12.3 Å². The van der Waals surface area contributed by atoms with Crippen LogP contribution in [0.1, 0.15) is 17.0 Å². The zero-order valence-corrected chi connectivity index (χ0v) is 13.9. The van der Waals surface area contributed by atoms with Gasteiger partial charge in [0.05, 0.1) is 16.9 Å². The number of imidazole rings is 1. The van der Waals surface area contributed by atoms with Crippen LogP contribution >= 0.6 is 24.8 Å². The van der Waals surface area contributed by atoms with E-state index in [2.05, 4.69) is 40.4 Å². The van der Waals surface area contributed by atoms with E-state index in [-0.39, 0.29) is 24.8 Å². The summed E-state index contributed by atoms with van der Waals surface area (Å²) in [5, 5.41) is 4.53. The van der Waals surface area contributed by atoms with E-state index in [1.165, 1.54) is 17.0 Å². The van der Waals surface area contributed by atoms with Crippen LogP contribution in [0.5, 0.6) is 0 Å². The average molecular weight is 337 g/mol. The van der Waals surface area contributed by atoms with E-state index in [0.717, 1.165) is 41.8 Å². The molecule has 116 valence electrons. The van der Waals surface area contributed by atoms with Crippen molar-refractivity contribution in [1.29, 1.82) is 0 Å². The number of hydrogen-bond acceptors (Lipinski definition) is 3. The summed E-state index contributed by atoms with van der Waals surface area (Å²) in [7, 11) is 0. The fourth-order valence-electron chi connectivity index (χ4n) is 2.87. The Balaban J connectivity index is 0.000000882. The monoisotopic (exact) mass is 336 g/mol. The third-order valence-electron chi connectivity index (χ3n) is 3.93. The van der Waals surface area contributed by atoms with E-state index in [0.29, 0.717) is 0 Å². The Labute approximate surface area is 141 Å². The summed E-state index contributed by atoms with van der Waals surface area (Å²) in [6.07, 6.45) is 2.84. The number of aromatic nitrogens is 3. The van der Waals surface area contributed by atoms with Gasteiger partial charge in [-0.2, -0.15) is 0 Å². The molecule has 0 atom stereocenters. The molecule has 3 aromatic rings. The first kappa shape index (κ1) is 16.7. The lowest BCUT2D eigenvalue weighted by Gasteiger charge is -2.09. The van der Waals surface area contributed by atoms with Gasteiger partial charge in [0.2, 0.25) is 0 Å². The number of aryl methyl sites for hydroxylation is 1. The van der Waals surface area contributed by atoms with Crippen LogP contribution in [0, 0.1) is 6.92 Å². The molecule has 2 N–H and O–H groups in total. The van der Waals surface area contributed by atoms with Crippen molar-refractivity contribution in [3.63, 3.8) is 0 Å². The highest BCUT2D eigenvalue weighted by Gasteiger charge is 2.16. The largest absolute Gasteiger partial charge is 0.341 e. The summed E-state index contributed by atoms with van der Waals surface area (Å²) in [5.74, 6) is 0.955. The molecule has 1 aliphatic rings. The zero-order valence-electron chi connectivity index (χ0n) is 12.2. The van der Waals surface area contributed by atoms with Crippen molar-refractivity contribution >= 4 is 35.7 Å². The minimum atomic E-state index is 0. The predicted molar refractivity (Wildman–Crippen MR) is 94.0 cm³/mol. The van der Waals surface area contributed by atoms with Gasteiger partial charge >= 0.3 is 0 Å². The van der Waals surface area contributed by atoms with Crippen LogP contribution in [0.3, 0.4) is 0 Å². The van der Waals surface area contributed by atoms with Crippen molar-refractivity contribution in [3.8, 4) is 11.4 Å². The third kappa shape index (κ3) is 2.70. The number of rotatable bonds is 1. The number of pyridine rings is 1. The first-order valence-corrected chi connectivity index (χ1v) is 6.96. The number of hydrogen-bond donors (Lipinski definition) is 2. The molecule has 0 saturated heterocycles. The Morgan fingerprint density at radius 1 is 1.14 bits per heavy atom. The molecule has 0 amide bonds. The maximum Gasteiger partial charge on any atom is 0.138 e. The molecule has 0 bridgehead atoms. The van der Waals surface area contributed by atoms with Crippen molar-refractivity contribution in [2.45, 2.75) is 19.9 Å². The van der Waals surface area contributed by atoms with Crippen molar-refractivity contribution in [3.05, 3.63) is 47.4 Å². The summed E-state index contributed by atoms with van der Waals surface area (Å²) in [5.41, 5.74) is 5.79. The second-order valence-corrected chi connectivity index (χ2v) is 5.27. The number of halogens is 2. The molecule has 4 nitrogen and oxygen atoms in total. The first-order chi connectivity index (χ1) is 9.83. The molecular weight excluding hydrogens is 319 g/mol. The highest BCUT2D eigenvalue weighted by molar-refractivity contribution is 5.94. The zero-order chi connectivity index (χ0) is 13.5. The van der Waals surface area contributed by atoms with E-state index < -0.39 is 0 Å². The van der Waals surface area contributed by atoms with Gasteiger partial charge in [0.1, 0.15) is 5.82 Å². The van der Waals surface area contributed by atoms with Crippen molar-refractivity contribution < 1.29 is 0 Å². The molecule has 6 heteroatoms. The first-order valence-electron chi connectivity index (χ1n) is 6.96. The standard InChI is InChI=1S/C16H16N4.2ClH/c1-10-4-5-12(11-3-2-7-18-15(10)11)16-19-13-6-8-17-9-14(13)20-16;;/h2-5,7,17H,6,8-9H2,1H3,(H,19,20);2*1H. The molecule has 0 saturated carbocycles. The Hall–Kier alpha value is -1.62. The van der Waals surface area contributed by atoms with Gasteiger partial charge in [-0.25, -0.2) is 4.98 Å². The summed E-state index contributed by atoms with van der Waals surface area (Å²) in [4.78, 5) is 12.7. The summed E-state index contributed by atoms with van der Waals surface area (Å²) < 4.78 is 0. The number of H-pyrrole nitrogens is 1. The molecule has 3 heterocycles. The molecule has 0 fully saturated rings. The van der Waals surface area contributed by atoms with E-state index >= 15 is 0 Å². The summed E-state index contributed by atoms with van der Waals surface area (Å²) in [6.45, 7) is 3.98. The van der Waals surface area contributed by atoms with E-state index in [9.17, 15) is 0 Å². The molecule has 0 radical (unpaired) electrons. The minimum Gasteiger partial charge on any atom is -0.341 e. The fourth-order valence-corrected chi connectivity index (χ4v) is 2.87. The highest BCUT2D eigenvalue weighted by Crippen LogP contribution is 2.28. The van der Waals surface area contributed by atoms with Crippen molar-refractivity contribution in [2.75, 3.05) is 6.54 Å². The van der Waals surface area contributed by atoms with E-state index in [4.69, 9.17) is 4.98 Å². The number of aromatic amines is 1. The molecule has 1 aliphatic heterocycles. The Morgan fingerprint density at radius 2 is 2.00 bits per heavy atom. The number of fused-ring (bicyclic) bond motifs is 2. The maximum atomic E-state index is 4.78. The van der Waals surface area contributed by atoms with Crippen LogP contribution in [0.15, 0.2) is 30.5 Å². The van der Waals surface area contributed by atoms with E-state index in [1.54, 1.807) is 0 Å². The fraction of sp³-hybridized carbons (Fsp3) is 0.250. The Bertz CT molecular complexity index is 774.